The van der Waals surface area contributed by atoms with Gasteiger partial charge in [0.25, 0.3) is 0 Å². The van der Waals surface area contributed by atoms with E-state index in [0.29, 0.717) is 6.42 Å². The van der Waals surface area contributed by atoms with Crippen LogP contribution in [0.3, 0.4) is 0 Å². The summed E-state index contributed by atoms with van der Waals surface area (Å²) >= 11 is 0. The van der Waals surface area contributed by atoms with Crippen LogP contribution in [-0.2, 0) is 18.3 Å². The zero-order valence-electron chi connectivity index (χ0n) is 17.4. The molecule has 1 rings (SSSR count). The number of aryl methyl sites for hydroxylation is 1. The van der Waals surface area contributed by atoms with Crippen molar-refractivity contribution in [2.45, 2.75) is 66.6 Å². The Labute approximate surface area is 167 Å². The van der Waals surface area contributed by atoms with E-state index in [4.69, 9.17) is 13.8 Å². The zero-order valence-corrected chi connectivity index (χ0v) is 18.3. The summed E-state index contributed by atoms with van der Waals surface area (Å²) in [5.41, 5.74) is 1.22. The molecule has 0 spiro atoms. The lowest BCUT2D eigenvalue weighted by molar-refractivity contribution is 0.139. The molecule has 1 aromatic carbocycles. The number of alkyl carbamates (subject to hydrolysis) is 1. The predicted molar refractivity (Wildman–Crippen MR) is 108 cm³/mol. The number of unbranched alkanes of at least 4 members (excludes halogenated alkanes) is 1. The fourth-order valence-corrected chi connectivity index (χ4v) is 4.19. The highest BCUT2D eigenvalue weighted by Gasteiger charge is 2.41. The molecule has 0 fully saturated rings. The fourth-order valence-electron chi connectivity index (χ4n) is 2.19. The van der Waals surface area contributed by atoms with Crippen molar-refractivity contribution in [3.8, 4) is 0 Å². The van der Waals surface area contributed by atoms with Crippen LogP contribution in [0.4, 0.5) is 15.3 Å². The van der Waals surface area contributed by atoms with Gasteiger partial charge in [-0.2, -0.15) is 4.67 Å². The third-order valence-electron chi connectivity index (χ3n) is 3.34. The monoisotopic (exact) mass is 414 g/mol. The molecule has 0 radical (unpaired) electrons. The number of amides is 3. The minimum Gasteiger partial charge on any atom is -0.449 e. The van der Waals surface area contributed by atoms with E-state index in [0.717, 1.165) is 16.7 Å². The Morgan fingerprint density at radius 1 is 1.07 bits per heavy atom. The summed E-state index contributed by atoms with van der Waals surface area (Å²) in [6, 6.07) is 5.78. The summed E-state index contributed by atoms with van der Waals surface area (Å²) < 4.78 is 30.5. The highest BCUT2D eigenvalue weighted by Crippen LogP contribution is 2.56. The van der Waals surface area contributed by atoms with Crippen LogP contribution in [0.5, 0.6) is 0 Å². The normalized spacial score (nSPS) is 11.6. The molecular weight excluding hydrogens is 383 g/mol. The zero-order chi connectivity index (χ0) is 21.3. The maximum atomic E-state index is 13.6. The summed E-state index contributed by atoms with van der Waals surface area (Å²) in [5, 5.41) is 2.10. The van der Waals surface area contributed by atoms with Crippen LogP contribution in [0.25, 0.3) is 0 Å². The first-order valence-electron chi connectivity index (χ1n) is 9.41. The number of nitrogens with one attached hydrogen (secondary N) is 1. The Bertz CT molecular complexity index is 676. The number of urea groups is 1. The van der Waals surface area contributed by atoms with Crippen LogP contribution in [0, 0.1) is 6.92 Å². The number of nitrogens with zero attached hydrogens (tertiary/aromatic N) is 1. The predicted octanol–water partition coefficient (Wildman–Crippen LogP) is 5.41. The molecule has 0 bridgehead atoms. The Hall–Kier alpha value is -1.89. The summed E-state index contributed by atoms with van der Waals surface area (Å²) in [6.45, 7) is 10.7. The van der Waals surface area contributed by atoms with Crippen LogP contribution < -0.4 is 9.99 Å². The molecule has 0 unspecified atom stereocenters. The van der Waals surface area contributed by atoms with Crippen molar-refractivity contribution < 1.29 is 27.9 Å². The van der Waals surface area contributed by atoms with E-state index < -0.39 is 32.1 Å². The van der Waals surface area contributed by atoms with Gasteiger partial charge in [-0.15, -0.1) is 0 Å². The minimum atomic E-state index is -4.11. The molecule has 0 aromatic heterocycles. The molecule has 1 N–H and O–H groups in total. The van der Waals surface area contributed by atoms with Gasteiger partial charge in [0.15, 0.2) is 0 Å². The first-order chi connectivity index (χ1) is 13.1. The van der Waals surface area contributed by atoms with Crippen LogP contribution in [-0.4, -0.2) is 30.9 Å². The van der Waals surface area contributed by atoms with E-state index in [1.54, 1.807) is 52.0 Å². The Morgan fingerprint density at radius 3 is 2.07 bits per heavy atom. The minimum absolute atomic E-state index is 0.183. The number of benzene rings is 1. The van der Waals surface area contributed by atoms with Gasteiger partial charge in [0.2, 0.25) is 0 Å². The molecule has 1 aromatic rings. The number of hydrogen-bond donors (Lipinski definition) is 1. The van der Waals surface area contributed by atoms with Gasteiger partial charge in [0.05, 0.1) is 24.5 Å². The van der Waals surface area contributed by atoms with E-state index in [1.807, 2.05) is 13.8 Å². The number of carbonyl (C=O) groups excluding carboxylic acids is 2. The summed E-state index contributed by atoms with van der Waals surface area (Å²) in [4.78, 5) is 24.8. The number of hydrogen-bond acceptors (Lipinski definition) is 6. The number of ether oxygens (including phenoxy) is 1. The molecule has 0 aliphatic heterocycles. The van der Waals surface area contributed by atoms with Gasteiger partial charge in [-0.1, -0.05) is 31.0 Å². The lowest BCUT2D eigenvalue weighted by atomic mass is 10.2. The number of imide groups is 1. The van der Waals surface area contributed by atoms with Gasteiger partial charge in [0.1, 0.15) is 0 Å². The quantitative estimate of drug-likeness (QED) is 0.429. The van der Waals surface area contributed by atoms with Gasteiger partial charge >= 0.3 is 19.9 Å². The summed E-state index contributed by atoms with van der Waals surface area (Å²) in [7, 11) is -4.11. The second kappa shape index (κ2) is 11.2. The number of rotatable bonds is 9. The van der Waals surface area contributed by atoms with E-state index in [2.05, 4.69) is 5.32 Å². The molecule has 28 heavy (non-hydrogen) atoms. The largest absolute Gasteiger partial charge is 0.449 e. The maximum Gasteiger partial charge on any atom is 0.443 e. The third-order valence-corrected chi connectivity index (χ3v) is 5.62. The van der Waals surface area contributed by atoms with Crippen molar-refractivity contribution in [3.05, 3.63) is 29.8 Å². The Morgan fingerprint density at radius 2 is 1.61 bits per heavy atom. The smallest absolute Gasteiger partial charge is 0.443 e. The first-order valence-corrected chi connectivity index (χ1v) is 10.9. The van der Waals surface area contributed by atoms with Crippen molar-refractivity contribution >= 4 is 25.6 Å². The average molecular weight is 414 g/mol. The standard InChI is InChI=1S/C19H31N2O6P/c1-7-8-13-25-19(23)20-18(22)21(17-11-9-16(6)10-12-17)28(24,26-14(2)3)27-15(4)5/h9-12,14-15H,7-8,13H2,1-6H3,(H,20,22,23). The van der Waals surface area contributed by atoms with Crippen molar-refractivity contribution in [2.75, 3.05) is 11.3 Å². The summed E-state index contributed by atoms with van der Waals surface area (Å²) in [6.07, 6.45) is -0.370. The van der Waals surface area contributed by atoms with E-state index >= 15 is 0 Å². The Balaban J connectivity index is 3.23. The van der Waals surface area contributed by atoms with Crippen LogP contribution in [0.15, 0.2) is 24.3 Å². The molecule has 0 saturated carbocycles. The van der Waals surface area contributed by atoms with E-state index in [9.17, 15) is 14.2 Å². The molecule has 3 amide bonds. The lowest BCUT2D eigenvalue weighted by Crippen LogP contribution is -2.43. The second-order valence-electron chi connectivity index (χ2n) is 6.84. The molecule has 158 valence electrons. The molecule has 8 nitrogen and oxygen atoms in total. The van der Waals surface area contributed by atoms with Gasteiger partial charge in [-0.25, -0.2) is 19.5 Å². The number of carbonyl (C=O) groups is 2. The molecule has 0 heterocycles. The van der Waals surface area contributed by atoms with Crippen LogP contribution in [0.2, 0.25) is 0 Å². The van der Waals surface area contributed by atoms with Gasteiger partial charge in [-0.05, 0) is 53.2 Å². The molecule has 9 heteroatoms. The van der Waals surface area contributed by atoms with Crippen molar-refractivity contribution in [3.63, 3.8) is 0 Å². The van der Waals surface area contributed by atoms with Crippen LogP contribution in [0.1, 0.15) is 53.0 Å². The molecule has 0 aliphatic rings. The fraction of sp³-hybridized carbons (Fsp3) is 0.579. The molecule has 0 saturated heterocycles. The van der Waals surface area contributed by atoms with Crippen molar-refractivity contribution in [1.29, 1.82) is 0 Å². The van der Waals surface area contributed by atoms with E-state index in [1.165, 1.54) is 0 Å². The highest BCUT2D eigenvalue weighted by atomic mass is 31.2. The van der Waals surface area contributed by atoms with Crippen LogP contribution >= 0.6 is 7.75 Å². The maximum absolute atomic E-state index is 13.6. The van der Waals surface area contributed by atoms with E-state index in [-0.39, 0.29) is 12.3 Å². The van der Waals surface area contributed by atoms with Gasteiger partial charge < -0.3 is 4.74 Å². The second-order valence-corrected chi connectivity index (χ2v) is 8.60. The van der Waals surface area contributed by atoms with Crippen molar-refractivity contribution in [2.24, 2.45) is 0 Å². The summed E-state index contributed by atoms with van der Waals surface area (Å²) in [5.74, 6) is 0. The molecule has 0 aliphatic carbocycles. The Kier molecular flexibility index (Phi) is 9.65. The first kappa shape index (κ1) is 24.1. The SMILES string of the molecule is CCCCOC(=O)NC(=O)N(c1ccc(C)cc1)P(=O)(OC(C)C)OC(C)C. The molecule has 0 atom stereocenters. The molecular formula is C19H31N2O6P. The topological polar surface area (TPSA) is 94.2 Å². The number of anilines is 1. The third kappa shape index (κ3) is 7.62. The lowest BCUT2D eigenvalue weighted by Gasteiger charge is -2.32. The highest BCUT2D eigenvalue weighted by molar-refractivity contribution is 7.56. The van der Waals surface area contributed by atoms with Gasteiger partial charge in [-0.3, -0.25) is 9.05 Å². The van der Waals surface area contributed by atoms with Crippen molar-refractivity contribution in [1.82, 2.24) is 5.32 Å². The van der Waals surface area contributed by atoms with Gasteiger partial charge in [0, 0.05) is 0 Å². The average Bonchev–Trinajstić information content (AvgIpc) is 2.55.